The number of carbonyl (C=O) groups is 3. The highest BCUT2D eigenvalue weighted by Crippen LogP contribution is 2.46. The summed E-state index contributed by atoms with van der Waals surface area (Å²) in [6.45, 7) is 12.5. The molecule has 1 aliphatic carbocycles. The Bertz CT molecular complexity index is 607. The van der Waals surface area contributed by atoms with Crippen molar-refractivity contribution in [2.24, 2.45) is 28.6 Å². The molecule has 0 heterocycles. The summed E-state index contributed by atoms with van der Waals surface area (Å²) >= 11 is 0. The second-order valence-electron chi connectivity index (χ2n) is 9.15. The summed E-state index contributed by atoms with van der Waals surface area (Å²) in [6.07, 6.45) is 5.33. The zero-order valence-electron chi connectivity index (χ0n) is 18.4. The molecule has 0 fully saturated rings. The maximum absolute atomic E-state index is 12.9. The molecule has 0 saturated heterocycles. The Morgan fingerprint density at radius 2 is 1.68 bits per heavy atom. The Kier molecular flexibility index (Phi) is 8.27. The third kappa shape index (κ3) is 5.15. The molecule has 1 rings (SSSR count). The van der Waals surface area contributed by atoms with Gasteiger partial charge in [0.2, 0.25) is 5.91 Å². The zero-order valence-corrected chi connectivity index (χ0v) is 18.4. The average molecular weight is 396 g/mol. The Morgan fingerprint density at radius 3 is 2.14 bits per heavy atom. The Labute approximate surface area is 169 Å². The van der Waals surface area contributed by atoms with Gasteiger partial charge in [0.25, 0.3) is 0 Å². The van der Waals surface area contributed by atoms with E-state index in [0.29, 0.717) is 12.8 Å². The molecule has 0 aliphatic heterocycles. The minimum atomic E-state index is -0.947. The Balaban J connectivity index is 2.71. The van der Waals surface area contributed by atoms with Gasteiger partial charge in [0, 0.05) is 7.05 Å². The monoisotopic (exact) mass is 395 g/mol. The van der Waals surface area contributed by atoms with Crippen molar-refractivity contribution in [1.82, 2.24) is 4.90 Å². The van der Waals surface area contributed by atoms with Crippen LogP contribution in [-0.2, 0) is 19.1 Å². The molecular formula is C22H37NO5. The first-order valence-corrected chi connectivity index (χ1v) is 10.2. The summed E-state index contributed by atoms with van der Waals surface area (Å²) in [5, 5.41) is 9.36. The van der Waals surface area contributed by atoms with E-state index in [1.54, 1.807) is 7.05 Å². The number of ether oxygens (including phenoxy) is 1. The lowest BCUT2D eigenvalue weighted by Crippen LogP contribution is -2.47. The average Bonchev–Trinajstić information content (AvgIpc) is 2.64. The molecule has 0 aromatic carbocycles. The highest BCUT2D eigenvalue weighted by atomic mass is 16.5. The molecule has 6 nitrogen and oxygen atoms in total. The second-order valence-corrected chi connectivity index (χ2v) is 9.15. The fraction of sp³-hybridized carbons (Fsp3) is 0.773. The van der Waals surface area contributed by atoms with Crippen molar-refractivity contribution in [3.8, 4) is 0 Å². The number of hydrogen-bond acceptors (Lipinski definition) is 4. The van der Waals surface area contributed by atoms with E-state index in [0.717, 1.165) is 6.42 Å². The van der Waals surface area contributed by atoms with Gasteiger partial charge in [-0.1, -0.05) is 53.2 Å². The van der Waals surface area contributed by atoms with Gasteiger partial charge in [-0.25, -0.2) is 0 Å². The highest BCUT2D eigenvalue weighted by Gasteiger charge is 2.49. The number of carbonyl (C=O) groups excluding carboxylic acids is 2. The Hall–Kier alpha value is -1.85. The van der Waals surface area contributed by atoms with E-state index in [9.17, 15) is 19.5 Å². The SMILES string of the molecule is CCC(C)C(C)(C(=O)OCCN(C)C(=O)C1CC=CCC1C(=O)O)C(C)(C)C. The van der Waals surface area contributed by atoms with Crippen LogP contribution < -0.4 is 0 Å². The van der Waals surface area contributed by atoms with Crippen molar-refractivity contribution < 1.29 is 24.2 Å². The van der Waals surface area contributed by atoms with Crippen molar-refractivity contribution in [1.29, 1.82) is 0 Å². The number of carboxylic acid groups (broad SMARTS) is 1. The largest absolute Gasteiger partial charge is 0.481 e. The van der Waals surface area contributed by atoms with E-state index >= 15 is 0 Å². The molecule has 160 valence electrons. The summed E-state index contributed by atoms with van der Waals surface area (Å²) in [5.41, 5.74) is -0.892. The summed E-state index contributed by atoms with van der Waals surface area (Å²) in [4.78, 5) is 38.5. The molecule has 1 N–H and O–H groups in total. The predicted octanol–water partition coefficient (Wildman–Crippen LogP) is 3.75. The van der Waals surface area contributed by atoms with E-state index < -0.39 is 23.2 Å². The van der Waals surface area contributed by atoms with Crippen LogP contribution in [-0.4, -0.2) is 48.1 Å². The lowest BCUT2D eigenvalue weighted by molar-refractivity contribution is -0.168. The number of hydrogen-bond donors (Lipinski definition) is 1. The maximum atomic E-state index is 12.9. The van der Waals surface area contributed by atoms with Crippen molar-refractivity contribution >= 4 is 17.8 Å². The van der Waals surface area contributed by atoms with E-state index in [2.05, 4.69) is 13.8 Å². The predicted molar refractivity (Wildman–Crippen MR) is 109 cm³/mol. The number of carboxylic acids is 1. The Morgan fingerprint density at radius 1 is 1.14 bits per heavy atom. The van der Waals surface area contributed by atoms with Gasteiger partial charge < -0.3 is 14.7 Å². The number of likely N-dealkylation sites (N-methyl/N-ethyl adjacent to an activating group) is 1. The lowest BCUT2D eigenvalue weighted by atomic mass is 9.60. The van der Waals surface area contributed by atoms with Crippen molar-refractivity contribution in [3.05, 3.63) is 12.2 Å². The lowest BCUT2D eigenvalue weighted by Gasteiger charge is -2.44. The van der Waals surface area contributed by atoms with Gasteiger partial charge in [-0.2, -0.15) is 0 Å². The molecule has 1 aliphatic rings. The van der Waals surface area contributed by atoms with Gasteiger partial charge in [0.05, 0.1) is 23.8 Å². The molecule has 0 saturated carbocycles. The number of esters is 1. The fourth-order valence-electron chi connectivity index (χ4n) is 3.83. The first-order chi connectivity index (χ1) is 12.9. The van der Waals surface area contributed by atoms with Gasteiger partial charge in [0.15, 0.2) is 0 Å². The summed E-state index contributed by atoms with van der Waals surface area (Å²) < 4.78 is 5.58. The number of allylic oxidation sites excluding steroid dienone is 2. The van der Waals surface area contributed by atoms with E-state index in [1.807, 2.05) is 39.8 Å². The molecule has 28 heavy (non-hydrogen) atoms. The third-order valence-electron chi connectivity index (χ3n) is 6.68. The first-order valence-electron chi connectivity index (χ1n) is 10.2. The number of amides is 1. The second kappa shape index (κ2) is 9.57. The van der Waals surface area contributed by atoms with E-state index in [1.165, 1.54) is 4.90 Å². The summed E-state index contributed by atoms with van der Waals surface area (Å²) in [6, 6.07) is 0. The molecule has 0 aromatic heterocycles. The number of rotatable bonds is 8. The minimum Gasteiger partial charge on any atom is -0.481 e. The van der Waals surface area contributed by atoms with E-state index in [-0.39, 0.29) is 36.4 Å². The summed E-state index contributed by atoms with van der Waals surface area (Å²) in [7, 11) is 1.63. The van der Waals surface area contributed by atoms with Crippen LogP contribution in [0.3, 0.4) is 0 Å². The molecular weight excluding hydrogens is 358 g/mol. The molecule has 1 amide bonds. The molecule has 6 heteroatoms. The van der Waals surface area contributed by atoms with Gasteiger partial charge >= 0.3 is 11.9 Å². The molecule has 4 unspecified atom stereocenters. The molecule has 0 spiro atoms. The third-order valence-corrected chi connectivity index (χ3v) is 6.68. The van der Waals surface area contributed by atoms with Crippen LogP contribution in [0.15, 0.2) is 12.2 Å². The topological polar surface area (TPSA) is 83.9 Å². The van der Waals surface area contributed by atoms with Crippen LogP contribution in [0, 0.1) is 28.6 Å². The molecule has 0 aromatic rings. The summed E-state index contributed by atoms with van der Waals surface area (Å²) in [5.74, 6) is -2.52. The quantitative estimate of drug-likeness (QED) is 0.500. The zero-order chi connectivity index (χ0) is 21.7. The van der Waals surface area contributed by atoms with Crippen LogP contribution in [0.25, 0.3) is 0 Å². The van der Waals surface area contributed by atoms with Crippen LogP contribution in [0.4, 0.5) is 0 Å². The maximum Gasteiger partial charge on any atom is 0.312 e. The number of nitrogens with zero attached hydrogens (tertiary/aromatic N) is 1. The molecule has 0 radical (unpaired) electrons. The first kappa shape index (κ1) is 24.2. The van der Waals surface area contributed by atoms with Gasteiger partial charge in [-0.05, 0) is 31.1 Å². The van der Waals surface area contributed by atoms with Crippen LogP contribution in [0.5, 0.6) is 0 Å². The van der Waals surface area contributed by atoms with Crippen LogP contribution in [0.1, 0.15) is 60.8 Å². The standard InChI is InChI=1S/C22H37NO5/c1-8-15(2)22(6,21(3,4)5)20(27)28-14-13-23(7)18(24)16-11-9-10-12-17(16)19(25)26/h9-10,15-17H,8,11-14H2,1-7H3,(H,25,26). The normalized spacial score (nSPS) is 22.8. The highest BCUT2D eigenvalue weighted by molar-refractivity contribution is 5.85. The molecule has 0 bridgehead atoms. The van der Waals surface area contributed by atoms with Crippen LogP contribution in [0.2, 0.25) is 0 Å². The van der Waals surface area contributed by atoms with Gasteiger partial charge in [0.1, 0.15) is 6.61 Å². The fourth-order valence-corrected chi connectivity index (χ4v) is 3.83. The van der Waals surface area contributed by atoms with Crippen LogP contribution >= 0.6 is 0 Å². The smallest absolute Gasteiger partial charge is 0.312 e. The van der Waals surface area contributed by atoms with Gasteiger partial charge in [-0.15, -0.1) is 0 Å². The minimum absolute atomic E-state index is 0.101. The van der Waals surface area contributed by atoms with Crippen molar-refractivity contribution in [3.63, 3.8) is 0 Å². The van der Waals surface area contributed by atoms with Crippen molar-refractivity contribution in [2.45, 2.75) is 60.8 Å². The van der Waals surface area contributed by atoms with E-state index in [4.69, 9.17) is 4.74 Å². The van der Waals surface area contributed by atoms with Gasteiger partial charge in [-0.3, -0.25) is 14.4 Å². The molecule has 4 atom stereocenters. The van der Waals surface area contributed by atoms with Crippen molar-refractivity contribution in [2.75, 3.05) is 20.2 Å². The number of aliphatic carboxylic acids is 1.